The lowest BCUT2D eigenvalue weighted by molar-refractivity contribution is 1.39. The van der Waals surface area contributed by atoms with E-state index in [1.165, 1.54) is 11.1 Å². The fourth-order valence-electron chi connectivity index (χ4n) is 2.07. The maximum atomic E-state index is 4.67. The minimum absolute atomic E-state index is 0. The predicted molar refractivity (Wildman–Crippen MR) is 67.1 cm³/mol. The average molecular weight is 229 g/mol. The summed E-state index contributed by atoms with van der Waals surface area (Å²) < 4.78 is 0. The molecule has 78 valence electrons. The molecule has 0 bridgehead atoms. The summed E-state index contributed by atoms with van der Waals surface area (Å²) in [7, 11) is 0. The van der Waals surface area contributed by atoms with Crippen molar-refractivity contribution < 1.29 is 0 Å². The Morgan fingerprint density at radius 3 is 2.38 bits per heavy atom. The molecule has 1 heterocycles. The number of aromatic nitrogens is 2. The Kier molecular flexibility index (Phi) is 1.88. The summed E-state index contributed by atoms with van der Waals surface area (Å²) in [5.74, 6) is 0. The van der Waals surface area contributed by atoms with Gasteiger partial charge in [-0.1, -0.05) is 18.2 Å². The highest BCUT2D eigenvalue weighted by Gasteiger charge is 2.21. The van der Waals surface area contributed by atoms with E-state index in [9.17, 15) is 0 Å². The van der Waals surface area contributed by atoms with Gasteiger partial charge in [-0.2, -0.15) is 0 Å². The van der Waals surface area contributed by atoms with Crippen LogP contribution in [0.25, 0.3) is 22.1 Å². The third-order valence-electron chi connectivity index (χ3n) is 2.96. The molecule has 1 aliphatic rings. The van der Waals surface area contributed by atoms with Crippen LogP contribution in [0.5, 0.6) is 0 Å². The van der Waals surface area contributed by atoms with Crippen molar-refractivity contribution in [3.63, 3.8) is 0 Å². The van der Waals surface area contributed by atoms with Gasteiger partial charge in [0, 0.05) is 6.42 Å². The van der Waals surface area contributed by atoms with Crippen molar-refractivity contribution in [1.29, 1.82) is 0 Å². The van der Waals surface area contributed by atoms with E-state index in [1.807, 2.05) is 24.3 Å². The first-order valence-electron chi connectivity index (χ1n) is 5.09. The van der Waals surface area contributed by atoms with Crippen LogP contribution in [0.3, 0.4) is 0 Å². The second kappa shape index (κ2) is 3.16. The van der Waals surface area contributed by atoms with Crippen LogP contribution >= 0.6 is 12.4 Å². The molecular formula is C13H9ClN2. The molecule has 4 rings (SSSR count). The summed E-state index contributed by atoms with van der Waals surface area (Å²) in [6.45, 7) is 0. The van der Waals surface area contributed by atoms with Crippen LogP contribution in [0.4, 0.5) is 0 Å². The molecule has 3 aromatic rings. The number of hydrogen-bond donors (Lipinski definition) is 0. The fourth-order valence-corrected chi connectivity index (χ4v) is 2.07. The topological polar surface area (TPSA) is 25.8 Å². The highest BCUT2D eigenvalue weighted by Crippen LogP contribution is 2.34. The Morgan fingerprint density at radius 2 is 1.56 bits per heavy atom. The Labute approximate surface area is 98.7 Å². The third kappa shape index (κ3) is 1.20. The van der Waals surface area contributed by atoms with E-state index < -0.39 is 0 Å². The second-order valence-corrected chi connectivity index (χ2v) is 3.96. The number of nitrogens with zero attached hydrogens (tertiary/aromatic N) is 2. The van der Waals surface area contributed by atoms with E-state index in [4.69, 9.17) is 0 Å². The van der Waals surface area contributed by atoms with Crippen molar-refractivity contribution in [3.05, 3.63) is 47.5 Å². The zero-order chi connectivity index (χ0) is 9.83. The molecule has 0 atom stereocenters. The van der Waals surface area contributed by atoms with Gasteiger partial charge in [0.05, 0.1) is 22.1 Å². The number of benzene rings is 2. The largest absolute Gasteiger partial charge is 0.244 e. The average Bonchev–Trinajstić information content (AvgIpc) is 3.06. The molecule has 0 radical (unpaired) electrons. The molecular weight excluding hydrogens is 220 g/mol. The van der Waals surface area contributed by atoms with Gasteiger partial charge < -0.3 is 0 Å². The maximum absolute atomic E-state index is 4.67. The van der Waals surface area contributed by atoms with Crippen LogP contribution in [0.2, 0.25) is 0 Å². The summed E-state index contributed by atoms with van der Waals surface area (Å²) in [6, 6.07) is 12.3. The third-order valence-corrected chi connectivity index (χ3v) is 2.96. The first-order valence-corrected chi connectivity index (χ1v) is 5.09. The number of halogens is 1. The van der Waals surface area contributed by atoms with Crippen molar-refractivity contribution in [2.75, 3.05) is 0 Å². The Balaban J connectivity index is 0.000000810. The van der Waals surface area contributed by atoms with Crippen LogP contribution in [-0.4, -0.2) is 9.97 Å². The van der Waals surface area contributed by atoms with Gasteiger partial charge in [-0.25, -0.2) is 9.97 Å². The van der Waals surface area contributed by atoms with Crippen molar-refractivity contribution in [2.24, 2.45) is 0 Å². The molecule has 0 N–H and O–H groups in total. The summed E-state index contributed by atoms with van der Waals surface area (Å²) in [5, 5.41) is 0. The van der Waals surface area contributed by atoms with Gasteiger partial charge in [-0.05, 0) is 29.3 Å². The predicted octanol–water partition coefficient (Wildman–Crippen LogP) is 3.11. The highest BCUT2D eigenvalue weighted by atomic mass is 35.5. The first kappa shape index (κ1) is 9.55. The lowest BCUT2D eigenvalue weighted by Gasteiger charge is -1.99. The second-order valence-electron chi connectivity index (χ2n) is 3.96. The highest BCUT2D eigenvalue weighted by molar-refractivity contribution is 5.91. The molecule has 0 fully saturated rings. The summed E-state index contributed by atoms with van der Waals surface area (Å²) >= 11 is 0. The zero-order valence-corrected chi connectivity index (χ0v) is 9.29. The Bertz CT molecular complexity index is 707. The number of para-hydroxylation sites is 2. The number of rotatable bonds is 0. The Hall–Kier alpha value is -1.67. The summed E-state index contributed by atoms with van der Waals surface area (Å²) in [6.07, 6.45) is 1.09. The fraction of sp³-hybridized carbons (Fsp3) is 0.0769. The summed E-state index contributed by atoms with van der Waals surface area (Å²) in [4.78, 5) is 9.28. The SMILES string of the molecule is Cl.c1ccc2nc3c4c(ccc3nc2c1)C4. The van der Waals surface area contributed by atoms with Gasteiger partial charge in [-0.15, -0.1) is 12.4 Å². The monoisotopic (exact) mass is 228 g/mol. The molecule has 1 aliphatic carbocycles. The van der Waals surface area contributed by atoms with Crippen LogP contribution < -0.4 is 0 Å². The lowest BCUT2D eigenvalue weighted by Crippen LogP contribution is -1.86. The molecule has 0 amide bonds. The van der Waals surface area contributed by atoms with Gasteiger partial charge in [0.25, 0.3) is 0 Å². The van der Waals surface area contributed by atoms with E-state index >= 15 is 0 Å². The van der Waals surface area contributed by atoms with Crippen LogP contribution in [0, 0.1) is 0 Å². The van der Waals surface area contributed by atoms with E-state index in [0.29, 0.717) is 0 Å². The van der Waals surface area contributed by atoms with Crippen molar-refractivity contribution in [2.45, 2.75) is 6.42 Å². The summed E-state index contributed by atoms with van der Waals surface area (Å²) in [5.41, 5.74) is 6.88. The van der Waals surface area contributed by atoms with Crippen molar-refractivity contribution in [3.8, 4) is 0 Å². The lowest BCUT2D eigenvalue weighted by atomic mass is 10.2. The minimum atomic E-state index is 0. The van der Waals surface area contributed by atoms with Gasteiger partial charge in [0.2, 0.25) is 0 Å². The van der Waals surface area contributed by atoms with Gasteiger partial charge in [0.1, 0.15) is 0 Å². The van der Waals surface area contributed by atoms with Gasteiger partial charge in [-0.3, -0.25) is 0 Å². The Morgan fingerprint density at radius 1 is 0.812 bits per heavy atom. The van der Waals surface area contributed by atoms with Crippen LogP contribution in [0.1, 0.15) is 11.1 Å². The standard InChI is InChI=1S/C13H8N2.ClH/c1-2-4-11-10(3-1)14-12-6-5-8-7-9(8)13(12)15-11;/h1-6H,7H2;1H. The molecule has 3 heteroatoms. The van der Waals surface area contributed by atoms with E-state index in [0.717, 1.165) is 28.5 Å². The first-order chi connectivity index (χ1) is 7.42. The van der Waals surface area contributed by atoms with E-state index in [-0.39, 0.29) is 12.4 Å². The van der Waals surface area contributed by atoms with Gasteiger partial charge in [0.15, 0.2) is 0 Å². The van der Waals surface area contributed by atoms with Crippen molar-refractivity contribution >= 4 is 34.5 Å². The molecule has 0 saturated carbocycles. The minimum Gasteiger partial charge on any atom is -0.244 e. The van der Waals surface area contributed by atoms with E-state index in [2.05, 4.69) is 22.1 Å². The zero-order valence-electron chi connectivity index (χ0n) is 8.47. The maximum Gasteiger partial charge on any atom is 0.0932 e. The molecule has 1 aromatic heterocycles. The normalized spacial score (nSPS) is 12.2. The molecule has 0 spiro atoms. The quantitative estimate of drug-likeness (QED) is 0.432. The van der Waals surface area contributed by atoms with Crippen LogP contribution in [0.15, 0.2) is 36.4 Å². The molecule has 0 saturated heterocycles. The van der Waals surface area contributed by atoms with Crippen molar-refractivity contribution in [1.82, 2.24) is 9.97 Å². The number of hydrogen-bond acceptors (Lipinski definition) is 2. The number of fused-ring (bicyclic) bond motifs is 4. The molecule has 16 heavy (non-hydrogen) atoms. The van der Waals surface area contributed by atoms with Crippen LogP contribution in [-0.2, 0) is 6.42 Å². The smallest absolute Gasteiger partial charge is 0.0932 e. The van der Waals surface area contributed by atoms with E-state index in [1.54, 1.807) is 0 Å². The molecule has 2 nitrogen and oxygen atoms in total. The molecule has 2 aromatic carbocycles. The van der Waals surface area contributed by atoms with Gasteiger partial charge >= 0.3 is 0 Å². The molecule has 0 aliphatic heterocycles. The molecule has 0 unspecified atom stereocenters.